The first-order valence-corrected chi connectivity index (χ1v) is 10.7. The van der Waals surface area contributed by atoms with Gasteiger partial charge in [0.25, 0.3) is 11.8 Å². The maximum Gasteiger partial charge on any atom is 0.328 e. The molecule has 2 amide bonds. The number of amides is 2. The van der Waals surface area contributed by atoms with E-state index in [1.807, 2.05) is 6.07 Å². The molecule has 0 aliphatic carbocycles. The van der Waals surface area contributed by atoms with Gasteiger partial charge in [-0.1, -0.05) is 48.5 Å². The second kappa shape index (κ2) is 12.4. The summed E-state index contributed by atoms with van der Waals surface area (Å²) in [6.45, 7) is 0. The van der Waals surface area contributed by atoms with Crippen LogP contribution in [0.1, 0.15) is 15.9 Å². The first kappa shape index (κ1) is 25.6. The minimum absolute atomic E-state index is 0.137. The van der Waals surface area contributed by atoms with Gasteiger partial charge in [-0.3, -0.25) is 19.7 Å². The molecule has 1 heterocycles. The number of hydrogen-bond donors (Lipinski definition) is 3. The Morgan fingerprint density at radius 1 is 1.03 bits per heavy atom. The Hall–Kier alpha value is -5.06. The van der Waals surface area contributed by atoms with Crippen LogP contribution >= 0.6 is 0 Å². The molecule has 11 nitrogen and oxygen atoms in total. The Balaban J connectivity index is 1.88. The Labute approximate surface area is 206 Å². The topological polar surface area (TPSA) is 153 Å². The van der Waals surface area contributed by atoms with Gasteiger partial charge in [-0.05, 0) is 23.8 Å². The molecule has 184 valence electrons. The Morgan fingerprint density at radius 2 is 1.69 bits per heavy atom. The number of rotatable bonds is 10. The fraction of sp³-hybridized carbons (Fsp3) is 0.120. The van der Waals surface area contributed by atoms with Gasteiger partial charge >= 0.3 is 11.7 Å². The van der Waals surface area contributed by atoms with Crippen LogP contribution in [0.3, 0.4) is 0 Å². The SMILES string of the molecule is COC(=O)[C@H](Cc1ccccc1)NC(=O)/C(=C\Nc1ncccc1[N+](=O)[O-])NC(=O)c1ccccc1. The van der Waals surface area contributed by atoms with Crippen molar-refractivity contribution in [2.75, 3.05) is 12.4 Å². The van der Waals surface area contributed by atoms with E-state index in [-0.39, 0.29) is 29.2 Å². The number of nitro groups is 1. The number of carbonyl (C=O) groups excluding carboxylic acids is 3. The highest BCUT2D eigenvalue weighted by Gasteiger charge is 2.25. The summed E-state index contributed by atoms with van der Waals surface area (Å²) in [4.78, 5) is 52.9. The van der Waals surface area contributed by atoms with Crippen molar-refractivity contribution in [1.29, 1.82) is 0 Å². The molecule has 2 aromatic carbocycles. The third-order valence-corrected chi connectivity index (χ3v) is 4.94. The molecular formula is C25H23N5O6. The molecule has 0 bridgehead atoms. The van der Waals surface area contributed by atoms with E-state index < -0.39 is 28.7 Å². The van der Waals surface area contributed by atoms with E-state index in [4.69, 9.17) is 4.74 Å². The zero-order valence-corrected chi connectivity index (χ0v) is 19.2. The van der Waals surface area contributed by atoms with Gasteiger partial charge in [0.15, 0.2) is 0 Å². The molecule has 0 aliphatic rings. The number of carbonyl (C=O) groups is 3. The molecule has 11 heteroatoms. The maximum absolute atomic E-state index is 13.2. The van der Waals surface area contributed by atoms with Gasteiger partial charge in [0.2, 0.25) is 5.82 Å². The standard InChI is InChI=1S/C25H23N5O6/c1-36-25(33)19(15-17-9-4-2-5-10-17)28-24(32)20(29-23(31)18-11-6-3-7-12-18)16-27-22-21(30(34)35)13-8-14-26-22/h2-14,16,19H,15H2,1H3,(H,26,27)(H,28,32)(H,29,31)/b20-16+/t19-/m0/s1. The summed E-state index contributed by atoms with van der Waals surface area (Å²) in [5.74, 6) is -2.26. The number of anilines is 1. The van der Waals surface area contributed by atoms with Crippen LogP contribution < -0.4 is 16.0 Å². The molecule has 3 aromatic rings. The van der Waals surface area contributed by atoms with E-state index in [0.29, 0.717) is 0 Å². The first-order valence-electron chi connectivity index (χ1n) is 10.7. The number of nitrogens with one attached hydrogen (secondary N) is 3. The molecule has 0 aliphatic heterocycles. The van der Waals surface area contributed by atoms with Gasteiger partial charge in [-0.15, -0.1) is 0 Å². The van der Waals surface area contributed by atoms with Crippen molar-refractivity contribution in [3.8, 4) is 0 Å². The summed E-state index contributed by atoms with van der Waals surface area (Å²) in [7, 11) is 1.20. The predicted molar refractivity (Wildman–Crippen MR) is 131 cm³/mol. The van der Waals surface area contributed by atoms with E-state index in [9.17, 15) is 24.5 Å². The minimum atomic E-state index is -1.06. The summed E-state index contributed by atoms with van der Waals surface area (Å²) in [6, 6.07) is 18.7. The molecule has 1 atom stereocenters. The molecule has 1 aromatic heterocycles. The summed E-state index contributed by atoms with van der Waals surface area (Å²) in [5.41, 5.74) is 0.410. The number of pyridine rings is 1. The van der Waals surface area contributed by atoms with Crippen molar-refractivity contribution in [2.45, 2.75) is 12.5 Å². The van der Waals surface area contributed by atoms with E-state index in [1.165, 1.54) is 25.4 Å². The van der Waals surface area contributed by atoms with E-state index in [1.54, 1.807) is 54.6 Å². The average molecular weight is 489 g/mol. The lowest BCUT2D eigenvalue weighted by molar-refractivity contribution is -0.384. The number of hydrogen-bond acceptors (Lipinski definition) is 8. The van der Waals surface area contributed by atoms with Crippen LogP contribution in [0.5, 0.6) is 0 Å². The van der Waals surface area contributed by atoms with Crippen LogP contribution in [-0.4, -0.2) is 40.8 Å². The molecule has 3 N–H and O–H groups in total. The molecule has 0 fully saturated rings. The highest BCUT2D eigenvalue weighted by atomic mass is 16.6. The smallest absolute Gasteiger partial charge is 0.328 e. The highest BCUT2D eigenvalue weighted by molar-refractivity contribution is 6.03. The predicted octanol–water partition coefficient (Wildman–Crippen LogP) is 2.57. The summed E-state index contributed by atoms with van der Waals surface area (Å²) in [6.07, 6.45) is 2.54. The van der Waals surface area contributed by atoms with E-state index in [2.05, 4.69) is 20.9 Å². The number of nitrogens with zero attached hydrogens (tertiary/aromatic N) is 2. The summed E-state index contributed by atoms with van der Waals surface area (Å²) in [5, 5.41) is 18.9. The van der Waals surface area contributed by atoms with Crippen molar-refractivity contribution in [3.63, 3.8) is 0 Å². The monoisotopic (exact) mass is 489 g/mol. The fourth-order valence-corrected chi connectivity index (χ4v) is 3.16. The van der Waals surface area contributed by atoms with Crippen molar-refractivity contribution in [1.82, 2.24) is 15.6 Å². The largest absolute Gasteiger partial charge is 0.467 e. The van der Waals surface area contributed by atoms with Gasteiger partial charge in [-0.25, -0.2) is 9.78 Å². The van der Waals surface area contributed by atoms with Crippen LogP contribution in [0.2, 0.25) is 0 Å². The van der Waals surface area contributed by atoms with E-state index >= 15 is 0 Å². The molecule has 0 saturated heterocycles. The van der Waals surface area contributed by atoms with Gasteiger partial charge < -0.3 is 20.7 Å². The highest BCUT2D eigenvalue weighted by Crippen LogP contribution is 2.20. The Morgan fingerprint density at radius 3 is 2.33 bits per heavy atom. The van der Waals surface area contributed by atoms with Crippen molar-refractivity contribution in [2.24, 2.45) is 0 Å². The molecule has 36 heavy (non-hydrogen) atoms. The second-order valence-corrected chi connectivity index (χ2v) is 7.39. The van der Waals surface area contributed by atoms with Gasteiger partial charge in [0.1, 0.15) is 11.7 Å². The molecule has 3 rings (SSSR count). The lowest BCUT2D eigenvalue weighted by Crippen LogP contribution is -2.46. The lowest BCUT2D eigenvalue weighted by atomic mass is 10.1. The Kier molecular flexibility index (Phi) is 8.82. The van der Waals surface area contributed by atoms with Gasteiger partial charge in [0, 0.05) is 30.4 Å². The maximum atomic E-state index is 13.2. The molecular weight excluding hydrogens is 466 g/mol. The number of aromatic nitrogens is 1. The minimum Gasteiger partial charge on any atom is -0.467 e. The van der Waals surface area contributed by atoms with Crippen LogP contribution in [0.4, 0.5) is 11.5 Å². The Bertz CT molecular complexity index is 1260. The average Bonchev–Trinajstić information content (AvgIpc) is 2.91. The molecule has 0 unspecified atom stereocenters. The number of methoxy groups -OCH3 is 1. The van der Waals surface area contributed by atoms with Gasteiger partial charge in [-0.2, -0.15) is 0 Å². The molecule has 0 saturated carbocycles. The fourth-order valence-electron chi connectivity index (χ4n) is 3.16. The number of benzene rings is 2. The normalized spacial score (nSPS) is 11.6. The lowest BCUT2D eigenvalue weighted by Gasteiger charge is -2.18. The van der Waals surface area contributed by atoms with Gasteiger partial charge in [0.05, 0.1) is 12.0 Å². The summed E-state index contributed by atoms with van der Waals surface area (Å²) < 4.78 is 4.83. The quantitative estimate of drug-likeness (QED) is 0.170. The van der Waals surface area contributed by atoms with Crippen LogP contribution in [0.25, 0.3) is 0 Å². The van der Waals surface area contributed by atoms with Crippen molar-refractivity contribution in [3.05, 3.63) is 112 Å². The number of ether oxygens (including phenoxy) is 1. The summed E-state index contributed by atoms with van der Waals surface area (Å²) >= 11 is 0. The third-order valence-electron chi connectivity index (χ3n) is 4.94. The van der Waals surface area contributed by atoms with Crippen LogP contribution in [-0.2, 0) is 20.7 Å². The zero-order valence-electron chi connectivity index (χ0n) is 19.2. The zero-order chi connectivity index (χ0) is 25.9. The second-order valence-electron chi connectivity index (χ2n) is 7.39. The van der Waals surface area contributed by atoms with Crippen molar-refractivity contribution < 1.29 is 24.0 Å². The van der Waals surface area contributed by atoms with Crippen LogP contribution in [0, 0.1) is 10.1 Å². The number of esters is 1. The van der Waals surface area contributed by atoms with Crippen molar-refractivity contribution >= 4 is 29.3 Å². The first-order chi connectivity index (χ1) is 17.4. The molecule has 0 spiro atoms. The molecule has 0 radical (unpaired) electrons. The van der Waals surface area contributed by atoms with E-state index in [0.717, 1.165) is 11.8 Å². The van der Waals surface area contributed by atoms with Crippen LogP contribution in [0.15, 0.2) is 90.9 Å². The third kappa shape index (κ3) is 6.97.